The van der Waals surface area contributed by atoms with Crippen molar-refractivity contribution in [3.8, 4) is 0 Å². The average Bonchev–Trinajstić information content (AvgIpc) is 3.26. The standard InChI is InChI=1S/C19H22N2O5S/c22-16-6-7-19(14-4-2-1-3-5-14)21(16)15(13-27-19)18(24)26-12-17(23)20-8-10-25-11-9-20/h1-5,15H,6-13H2/t15-,19+/m1/s1. The summed E-state index contributed by atoms with van der Waals surface area (Å²) in [5.74, 6) is -0.285. The van der Waals surface area contributed by atoms with Crippen molar-refractivity contribution in [3.63, 3.8) is 0 Å². The molecule has 144 valence electrons. The molecule has 2 amide bonds. The minimum atomic E-state index is -0.650. The van der Waals surface area contributed by atoms with Gasteiger partial charge in [0.1, 0.15) is 10.9 Å². The fourth-order valence-corrected chi connectivity index (χ4v) is 5.59. The van der Waals surface area contributed by atoms with Crippen LogP contribution in [0.2, 0.25) is 0 Å². The number of amides is 2. The van der Waals surface area contributed by atoms with Crippen LogP contribution in [0.4, 0.5) is 0 Å². The number of esters is 1. The third-order valence-corrected chi connectivity index (χ3v) is 6.92. The summed E-state index contributed by atoms with van der Waals surface area (Å²) in [6, 6.07) is 9.16. The molecule has 0 aliphatic carbocycles. The van der Waals surface area contributed by atoms with Crippen LogP contribution in [-0.4, -0.2) is 72.3 Å². The average molecular weight is 390 g/mol. The Morgan fingerprint density at radius 2 is 1.96 bits per heavy atom. The van der Waals surface area contributed by atoms with Gasteiger partial charge in [-0.05, 0) is 12.0 Å². The molecule has 0 spiro atoms. The lowest BCUT2D eigenvalue weighted by Gasteiger charge is -2.33. The maximum atomic E-state index is 12.7. The fourth-order valence-electron chi connectivity index (χ4n) is 3.95. The van der Waals surface area contributed by atoms with E-state index in [1.165, 1.54) is 0 Å². The molecular weight excluding hydrogens is 368 g/mol. The van der Waals surface area contributed by atoms with Crippen LogP contribution in [0.25, 0.3) is 0 Å². The van der Waals surface area contributed by atoms with Gasteiger partial charge in [0.25, 0.3) is 5.91 Å². The Morgan fingerprint density at radius 1 is 1.22 bits per heavy atom. The minimum absolute atomic E-state index is 0.0368. The van der Waals surface area contributed by atoms with E-state index in [9.17, 15) is 14.4 Å². The number of fused-ring (bicyclic) bond motifs is 1. The SMILES string of the molecule is O=C(OCC(=O)N1CCOCC1)[C@H]1CS[C@]2(c3ccccc3)CCC(=O)N12. The van der Waals surface area contributed by atoms with E-state index >= 15 is 0 Å². The highest BCUT2D eigenvalue weighted by atomic mass is 32.2. The molecule has 4 rings (SSSR count). The Bertz CT molecular complexity index is 737. The van der Waals surface area contributed by atoms with Gasteiger partial charge in [-0.2, -0.15) is 0 Å². The smallest absolute Gasteiger partial charge is 0.330 e. The van der Waals surface area contributed by atoms with Crippen LogP contribution in [0.1, 0.15) is 18.4 Å². The Kier molecular flexibility index (Phi) is 5.10. The maximum Gasteiger partial charge on any atom is 0.330 e. The predicted molar refractivity (Wildman–Crippen MR) is 98.8 cm³/mol. The van der Waals surface area contributed by atoms with Crippen molar-refractivity contribution in [1.82, 2.24) is 9.80 Å². The van der Waals surface area contributed by atoms with Crippen LogP contribution in [0.15, 0.2) is 30.3 Å². The molecular formula is C19H22N2O5S. The van der Waals surface area contributed by atoms with Crippen LogP contribution in [0.3, 0.4) is 0 Å². The van der Waals surface area contributed by atoms with Crippen LogP contribution < -0.4 is 0 Å². The second kappa shape index (κ2) is 7.52. The van der Waals surface area contributed by atoms with Gasteiger partial charge in [0.2, 0.25) is 5.91 Å². The van der Waals surface area contributed by atoms with E-state index in [-0.39, 0.29) is 18.4 Å². The number of hydrogen-bond donors (Lipinski definition) is 0. The molecule has 7 nitrogen and oxygen atoms in total. The van der Waals surface area contributed by atoms with Crippen LogP contribution in [0.5, 0.6) is 0 Å². The second-order valence-corrected chi connectivity index (χ2v) is 8.14. The highest BCUT2D eigenvalue weighted by Crippen LogP contribution is 2.54. The van der Waals surface area contributed by atoms with Crippen molar-refractivity contribution >= 4 is 29.5 Å². The third-order valence-electron chi connectivity index (χ3n) is 5.33. The lowest BCUT2D eigenvalue weighted by molar-refractivity contribution is -0.159. The Labute approximate surface area is 162 Å². The molecule has 0 unspecified atom stereocenters. The summed E-state index contributed by atoms with van der Waals surface area (Å²) in [7, 11) is 0. The second-order valence-electron chi connectivity index (χ2n) is 6.84. The molecule has 0 aromatic heterocycles. The van der Waals surface area contributed by atoms with Gasteiger partial charge in [-0.1, -0.05) is 30.3 Å². The Balaban J connectivity index is 1.44. The lowest BCUT2D eigenvalue weighted by atomic mass is 10.0. The van der Waals surface area contributed by atoms with Crippen molar-refractivity contribution in [1.29, 1.82) is 0 Å². The molecule has 3 aliphatic rings. The van der Waals surface area contributed by atoms with Crippen molar-refractivity contribution in [2.75, 3.05) is 38.7 Å². The minimum Gasteiger partial charge on any atom is -0.454 e. The fraction of sp³-hybridized carbons (Fsp3) is 0.526. The van der Waals surface area contributed by atoms with Gasteiger partial charge >= 0.3 is 5.97 Å². The first kappa shape index (κ1) is 18.3. The molecule has 0 saturated carbocycles. The summed E-state index contributed by atoms with van der Waals surface area (Å²) in [6.45, 7) is 1.73. The van der Waals surface area contributed by atoms with Gasteiger partial charge in [0, 0.05) is 25.3 Å². The highest BCUT2D eigenvalue weighted by molar-refractivity contribution is 8.00. The highest BCUT2D eigenvalue weighted by Gasteiger charge is 2.57. The van der Waals surface area contributed by atoms with Gasteiger partial charge < -0.3 is 19.3 Å². The van der Waals surface area contributed by atoms with Gasteiger partial charge in [0.15, 0.2) is 6.61 Å². The first-order valence-electron chi connectivity index (χ1n) is 9.16. The van der Waals surface area contributed by atoms with Crippen LogP contribution >= 0.6 is 11.8 Å². The number of ether oxygens (including phenoxy) is 2. The van der Waals surface area contributed by atoms with E-state index < -0.39 is 16.9 Å². The first-order valence-corrected chi connectivity index (χ1v) is 10.1. The normalized spacial score (nSPS) is 27.6. The summed E-state index contributed by atoms with van der Waals surface area (Å²) in [5.41, 5.74) is 1.03. The quantitative estimate of drug-likeness (QED) is 0.714. The van der Waals surface area contributed by atoms with E-state index in [0.29, 0.717) is 44.9 Å². The first-order chi connectivity index (χ1) is 13.1. The lowest BCUT2D eigenvalue weighted by Crippen LogP contribution is -2.48. The summed E-state index contributed by atoms with van der Waals surface area (Å²) >= 11 is 1.61. The zero-order chi connectivity index (χ0) is 18.9. The molecule has 0 bridgehead atoms. The number of nitrogens with zero attached hydrogens (tertiary/aromatic N) is 2. The summed E-state index contributed by atoms with van der Waals surface area (Å²) in [6.07, 6.45) is 1.09. The molecule has 2 atom stereocenters. The number of thioether (sulfide) groups is 1. The van der Waals surface area contributed by atoms with Crippen LogP contribution in [0, 0.1) is 0 Å². The molecule has 3 aliphatic heterocycles. The van der Waals surface area contributed by atoms with Crippen molar-refractivity contribution in [2.45, 2.75) is 23.8 Å². The maximum absolute atomic E-state index is 12.7. The number of hydrogen-bond acceptors (Lipinski definition) is 6. The van der Waals surface area contributed by atoms with Crippen molar-refractivity contribution in [2.24, 2.45) is 0 Å². The van der Waals surface area contributed by atoms with E-state index in [0.717, 1.165) is 5.56 Å². The van der Waals surface area contributed by atoms with Crippen molar-refractivity contribution in [3.05, 3.63) is 35.9 Å². The van der Waals surface area contributed by atoms with Crippen LogP contribution in [-0.2, 0) is 28.7 Å². The summed E-state index contributed by atoms with van der Waals surface area (Å²) < 4.78 is 10.5. The molecule has 8 heteroatoms. The summed E-state index contributed by atoms with van der Waals surface area (Å²) in [4.78, 5) is 40.2. The van der Waals surface area contributed by atoms with E-state index in [1.807, 2.05) is 30.3 Å². The molecule has 1 aromatic carbocycles. The number of rotatable bonds is 4. The topological polar surface area (TPSA) is 76.1 Å². The predicted octanol–water partition coefficient (Wildman–Crippen LogP) is 0.979. The van der Waals surface area contributed by atoms with Gasteiger partial charge in [0.05, 0.1) is 13.2 Å². The van der Waals surface area contributed by atoms with E-state index in [4.69, 9.17) is 9.47 Å². The van der Waals surface area contributed by atoms with Crippen molar-refractivity contribution < 1.29 is 23.9 Å². The zero-order valence-electron chi connectivity index (χ0n) is 15.0. The molecule has 3 fully saturated rings. The largest absolute Gasteiger partial charge is 0.454 e. The van der Waals surface area contributed by atoms with Gasteiger partial charge in [-0.25, -0.2) is 4.79 Å². The number of morpholine rings is 1. The summed E-state index contributed by atoms with van der Waals surface area (Å²) in [5, 5.41) is 0. The molecule has 3 heterocycles. The van der Waals surface area contributed by atoms with E-state index in [2.05, 4.69) is 0 Å². The molecule has 27 heavy (non-hydrogen) atoms. The number of carbonyl (C=O) groups is 3. The monoisotopic (exact) mass is 390 g/mol. The van der Waals surface area contributed by atoms with Gasteiger partial charge in [-0.15, -0.1) is 11.8 Å². The Morgan fingerprint density at radius 3 is 2.70 bits per heavy atom. The zero-order valence-corrected chi connectivity index (χ0v) is 15.8. The molecule has 0 radical (unpaired) electrons. The van der Waals surface area contributed by atoms with E-state index in [1.54, 1.807) is 21.6 Å². The van der Waals surface area contributed by atoms with Gasteiger partial charge in [-0.3, -0.25) is 9.59 Å². The Hall–Kier alpha value is -2.06. The third kappa shape index (κ3) is 3.32. The molecule has 0 N–H and O–H groups in total. The molecule has 1 aromatic rings. The molecule has 3 saturated heterocycles. The number of carbonyl (C=O) groups excluding carboxylic acids is 3. The number of benzene rings is 1.